The summed E-state index contributed by atoms with van der Waals surface area (Å²) in [5.41, 5.74) is 3.18. The summed E-state index contributed by atoms with van der Waals surface area (Å²) < 4.78 is 21.5. The summed E-state index contributed by atoms with van der Waals surface area (Å²) in [6.07, 6.45) is 0.590. The summed E-state index contributed by atoms with van der Waals surface area (Å²) >= 11 is 0. The molecule has 0 aliphatic carbocycles. The fraction of sp³-hybridized carbons (Fsp3) is 0.231. The predicted molar refractivity (Wildman–Crippen MR) is 126 cm³/mol. The van der Waals surface area contributed by atoms with E-state index in [1.165, 1.54) is 26.3 Å². The van der Waals surface area contributed by atoms with Crippen molar-refractivity contribution in [3.8, 4) is 23.0 Å². The molecule has 0 saturated heterocycles. The molecule has 3 aromatic rings. The first-order chi connectivity index (χ1) is 16.1. The van der Waals surface area contributed by atoms with Crippen LogP contribution in [0.3, 0.4) is 0 Å². The Balaban J connectivity index is 1.76. The third-order valence-corrected chi connectivity index (χ3v) is 5.64. The zero-order valence-corrected chi connectivity index (χ0v) is 19.1. The van der Waals surface area contributed by atoms with Crippen LogP contribution in [0.1, 0.15) is 33.9 Å². The Bertz CT molecular complexity index is 1130. The van der Waals surface area contributed by atoms with Crippen LogP contribution in [0.2, 0.25) is 0 Å². The van der Waals surface area contributed by atoms with Crippen molar-refractivity contribution in [1.29, 1.82) is 0 Å². The first-order valence-electron chi connectivity index (χ1n) is 10.5. The van der Waals surface area contributed by atoms with Gasteiger partial charge in [-0.2, -0.15) is 5.10 Å². The molecule has 0 radical (unpaired) electrons. The maximum atomic E-state index is 13.7. The Labute approximate surface area is 193 Å². The van der Waals surface area contributed by atoms with Crippen molar-refractivity contribution in [2.24, 2.45) is 5.10 Å². The van der Waals surface area contributed by atoms with Crippen LogP contribution in [0.25, 0.3) is 0 Å². The Morgan fingerprint density at radius 3 is 2.03 bits per heavy atom. The van der Waals surface area contributed by atoms with Gasteiger partial charge in [0.2, 0.25) is 5.75 Å². The van der Waals surface area contributed by atoms with E-state index in [1.807, 2.05) is 54.6 Å². The van der Waals surface area contributed by atoms with E-state index in [9.17, 15) is 4.79 Å². The van der Waals surface area contributed by atoms with E-state index >= 15 is 0 Å². The van der Waals surface area contributed by atoms with Crippen molar-refractivity contribution in [1.82, 2.24) is 5.01 Å². The van der Waals surface area contributed by atoms with E-state index in [2.05, 4.69) is 0 Å². The second kappa shape index (κ2) is 9.65. The smallest absolute Gasteiger partial charge is 0.274 e. The van der Waals surface area contributed by atoms with Crippen LogP contribution in [0.5, 0.6) is 23.0 Å². The highest BCUT2D eigenvalue weighted by molar-refractivity contribution is 6.05. The Hall–Kier alpha value is -4.00. The Morgan fingerprint density at radius 1 is 0.848 bits per heavy atom. The molecule has 0 spiro atoms. The first-order valence-corrected chi connectivity index (χ1v) is 10.5. The minimum Gasteiger partial charge on any atom is -0.497 e. The lowest BCUT2D eigenvalue weighted by molar-refractivity contribution is 0.0710. The van der Waals surface area contributed by atoms with Gasteiger partial charge in [0, 0.05) is 12.0 Å². The summed E-state index contributed by atoms with van der Waals surface area (Å²) in [4.78, 5) is 13.7. The molecule has 33 heavy (non-hydrogen) atoms. The summed E-state index contributed by atoms with van der Waals surface area (Å²) in [6, 6.07) is 20.6. The van der Waals surface area contributed by atoms with E-state index in [4.69, 9.17) is 24.0 Å². The first kappa shape index (κ1) is 22.2. The molecule has 0 aromatic heterocycles. The van der Waals surface area contributed by atoms with Crippen molar-refractivity contribution in [2.45, 2.75) is 12.5 Å². The third-order valence-electron chi connectivity index (χ3n) is 5.64. The SMILES string of the molecule is COc1ccc([C@H]2CC(c3ccccc3)=NN2C(=O)c2cc(OC)c(OC)c(OC)c2)cc1. The predicted octanol–water partition coefficient (Wildman–Crippen LogP) is 4.71. The molecule has 1 aliphatic heterocycles. The molecule has 0 fully saturated rings. The molecule has 3 aromatic carbocycles. The fourth-order valence-corrected chi connectivity index (χ4v) is 3.93. The zero-order valence-electron chi connectivity index (χ0n) is 19.1. The average Bonchev–Trinajstić information content (AvgIpc) is 3.33. The van der Waals surface area contributed by atoms with Crippen LogP contribution >= 0.6 is 0 Å². The number of hydrazone groups is 1. The number of amides is 1. The third kappa shape index (κ3) is 4.35. The maximum Gasteiger partial charge on any atom is 0.274 e. The van der Waals surface area contributed by atoms with Crippen LogP contribution in [-0.4, -0.2) is 45.1 Å². The number of hydrogen-bond acceptors (Lipinski definition) is 6. The van der Waals surface area contributed by atoms with E-state index in [0.717, 1.165) is 22.6 Å². The molecule has 170 valence electrons. The van der Waals surface area contributed by atoms with Gasteiger partial charge in [-0.05, 0) is 35.4 Å². The average molecular weight is 447 g/mol. The molecule has 1 aliphatic rings. The molecule has 1 amide bonds. The number of methoxy groups -OCH3 is 4. The lowest BCUT2D eigenvalue weighted by atomic mass is 9.98. The van der Waals surface area contributed by atoms with Gasteiger partial charge in [-0.15, -0.1) is 0 Å². The highest BCUT2D eigenvalue weighted by atomic mass is 16.5. The summed E-state index contributed by atoms with van der Waals surface area (Å²) in [5.74, 6) is 1.74. The van der Waals surface area contributed by atoms with Crippen molar-refractivity contribution in [3.63, 3.8) is 0 Å². The van der Waals surface area contributed by atoms with Gasteiger partial charge in [-0.3, -0.25) is 4.79 Å². The molecule has 4 rings (SSSR count). The van der Waals surface area contributed by atoms with Crippen molar-refractivity contribution < 1.29 is 23.7 Å². The fourth-order valence-electron chi connectivity index (χ4n) is 3.93. The number of hydrogen-bond donors (Lipinski definition) is 0. The van der Waals surface area contributed by atoms with Gasteiger partial charge in [0.25, 0.3) is 5.91 Å². The van der Waals surface area contributed by atoms with Crippen LogP contribution in [0.4, 0.5) is 0 Å². The van der Waals surface area contributed by atoms with Crippen molar-refractivity contribution in [3.05, 3.63) is 83.4 Å². The monoisotopic (exact) mass is 446 g/mol. The lowest BCUT2D eigenvalue weighted by Gasteiger charge is -2.23. The Kier molecular flexibility index (Phi) is 6.49. The number of carbonyl (C=O) groups is 1. The minimum atomic E-state index is -0.266. The van der Waals surface area contributed by atoms with Gasteiger partial charge < -0.3 is 18.9 Å². The van der Waals surface area contributed by atoms with Gasteiger partial charge in [0.15, 0.2) is 11.5 Å². The molecular weight excluding hydrogens is 420 g/mol. The van der Waals surface area contributed by atoms with E-state index in [-0.39, 0.29) is 11.9 Å². The largest absolute Gasteiger partial charge is 0.497 e. The summed E-state index contributed by atoms with van der Waals surface area (Å²) in [5, 5.41) is 6.28. The molecule has 7 nitrogen and oxygen atoms in total. The lowest BCUT2D eigenvalue weighted by Crippen LogP contribution is -2.27. The number of nitrogens with zero attached hydrogens (tertiary/aromatic N) is 2. The second-order valence-electron chi connectivity index (χ2n) is 7.47. The van der Waals surface area contributed by atoms with Crippen LogP contribution in [0.15, 0.2) is 71.8 Å². The molecule has 7 heteroatoms. The van der Waals surface area contributed by atoms with Gasteiger partial charge >= 0.3 is 0 Å². The van der Waals surface area contributed by atoms with Gasteiger partial charge in [0.1, 0.15) is 5.75 Å². The molecule has 1 atom stereocenters. The highest BCUT2D eigenvalue weighted by Crippen LogP contribution is 2.40. The maximum absolute atomic E-state index is 13.7. The molecule has 1 heterocycles. The highest BCUT2D eigenvalue weighted by Gasteiger charge is 2.34. The summed E-state index contributed by atoms with van der Waals surface area (Å²) in [7, 11) is 6.19. The molecule has 0 N–H and O–H groups in total. The summed E-state index contributed by atoms with van der Waals surface area (Å²) in [6.45, 7) is 0. The topological polar surface area (TPSA) is 69.6 Å². The van der Waals surface area contributed by atoms with E-state index in [0.29, 0.717) is 29.2 Å². The molecule has 0 saturated carbocycles. The number of carbonyl (C=O) groups excluding carboxylic acids is 1. The number of ether oxygens (including phenoxy) is 4. The van der Waals surface area contributed by atoms with E-state index < -0.39 is 0 Å². The standard InChI is InChI=1S/C26H26N2O5/c1-30-20-12-10-18(11-13-20)22-16-21(17-8-6-5-7-9-17)27-28(22)26(29)19-14-23(31-2)25(33-4)24(15-19)32-3/h5-15,22H,16H2,1-4H3/t22-/m1/s1. The number of benzene rings is 3. The zero-order chi connectivity index (χ0) is 23.4. The molecular formula is C26H26N2O5. The van der Waals surface area contributed by atoms with Gasteiger partial charge in [-0.1, -0.05) is 42.5 Å². The Morgan fingerprint density at radius 2 is 1.48 bits per heavy atom. The normalized spacial score (nSPS) is 15.1. The van der Waals surface area contributed by atoms with Crippen LogP contribution in [0, 0.1) is 0 Å². The van der Waals surface area contributed by atoms with Crippen LogP contribution in [-0.2, 0) is 0 Å². The van der Waals surface area contributed by atoms with Crippen LogP contribution < -0.4 is 18.9 Å². The van der Waals surface area contributed by atoms with E-state index in [1.54, 1.807) is 19.2 Å². The van der Waals surface area contributed by atoms with Gasteiger partial charge in [0.05, 0.1) is 40.2 Å². The van der Waals surface area contributed by atoms with Crippen molar-refractivity contribution in [2.75, 3.05) is 28.4 Å². The number of rotatable bonds is 7. The van der Waals surface area contributed by atoms with Crippen molar-refractivity contribution >= 4 is 11.6 Å². The molecule has 0 bridgehead atoms. The molecule has 0 unspecified atom stereocenters. The second-order valence-corrected chi connectivity index (χ2v) is 7.47. The minimum absolute atomic E-state index is 0.263. The van der Waals surface area contributed by atoms with Gasteiger partial charge in [-0.25, -0.2) is 5.01 Å². The quantitative estimate of drug-likeness (QED) is 0.526.